The van der Waals surface area contributed by atoms with Gasteiger partial charge in [-0.05, 0) is 48.0 Å². The highest BCUT2D eigenvalue weighted by Gasteiger charge is 2.27. The van der Waals surface area contributed by atoms with E-state index in [2.05, 4.69) is 38.5 Å². The molecular formula is C19H16BrN3O2. The van der Waals surface area contributed by atoms with E-state index in [0.717, 1.165) is 26.6 Å². The Labute approximate surface area is 152 Å². The second-order valence-electron chi connectivity index (χ2n) is 6.25. The van der Waals surface area contributed by atoms with E-state index in [4.69, 9.17) is 0 Å². The number of nitrogens with one attached hydrogen (secondary N) is 3. The largest absolute Gasteiger partial charge is 0.350 e. The van der Waals surface area contributed by atoms with Crippen LogP contribution in [-0.4, -0.2) is 23.3 Å². The number of halogens is 1. The van der Waals surface area contributed by atoms with Crippen LogP contribution in [0.4, 0.5) is 5.69 Å². The Bertz CT molecular complexity index is 992. The van der Waals surface area contributed by atoms with E-state index in [0.29, 0.717) is 17.8 Å². The van der Waals surface area contributed by atoms with E-state index in [1.54, 1.807) is 6.07 Å². The van der Waals surface area contributed by atoms with Crippen molar-refractivity contribution in [3.8, 4) is 0 Å². The lowest BCUT2D eigenvalue weighted by Crippen LogP contribution is -2.33. The molecule has 0 bridgehead atoms. The van der Waals surface area contributed by atoms with Crippen molar-refractivity contribution < 1.29 is 9.59 Å². The molecule has 0 saturated carbocycles. The van der Waals surface area contributed by atoms with Gasteiger partial charge in [-0.25, -0.2) is 0 Å². The minimum absolute atomic E-state index is 0.0924. The van der Waals surface area contributed by atoms with Gasteiger partial charge in [-0.1, -0.05) is 22.9 Å². The number of hydrogen-bond donors (Lipinski definition) is 3. The molecule has 25 heavy (non-hydrogen) atoms. The Balaban J connectivity index is 1.71. The molecule has 0 aliphatic carbocycles. The Kier molecular flexibility index (Phi) is 3.84. The predicted molar refractivity (Wildman–Crippen MR) is 101 cm³/mol. The zero-order chi connectivity index (χ0) is 17.6. The molecule has 2 amide bonds. The molecule has 126 valence electrons. The van der Waals surface area contributed by atoms with E-state index >= 15 is 0 Å². The monoisotopic (exact) mass is 397 g/mol. The van der Waals surface area contributed by atoms with Crippen molar-refractivity contribution in [2.24, 2.45) is 0 Å². The summed E-state index contributed by atoms with van der Waals surface area (Å²) in [5.74, 6) is -0.0662. The summed E-state index contributed by atoms with van der Waals surface area (Å²) in [6, 6.07) is 12.9. The molecule has 5 nitrogen and oxygen atoms in total. The van der Waals surface area contributed by atoms with Gasteiger partial charge in [0.05, 0.1) is 0 Å². The van der Waals surface area contributed by atoms with Crippen LogP contribution in [0.1, 0.15) is 39.3 Å². The molecule has 0 fully saturated rings. The first-order chi connectivity index (χ1) is 12.0. The van der Waals surface area contributed by atoms with Crippen molar-refractivity contribution in [3.63, 3.8) is 0 Å². The van der Waals surface area contributed by atoms with Gasteiger partial charge < -0.3 is 15.6 Å². The highest BCUT2D eigenvalue weighted by molar-refractivity contribution is 9.10. The maximum absolute atomic E-state index is 12.6. The van der Waals surface area contributed by atoms with Gasteiger partial charge in [0, 0.05) is 39.1 Å². The normalized spacial score (nSPS) is 16.4. The first kappa shape index (κ1) is 15.9. The minimum Gasteiger partial charge on any atom is -0.350 e. The molecule has 3 aromatic rings. The summed E-state index contributed by atoms with van der Waals surface area (Å²) in [4.78, 5) is 27.8. The summed E-state index contributed by atoms with van der Waals surface area (Å²) < 4.78 is 0.957. The van der Waals surface area contributed by atoms with Crippen LogP contribution in [0.3, 0.4) is 0 Å². The third kappa shape index (κ3) is 2.82. The molecule has 1 atom stereocenters. The van der Waals surface area contributed by atoms with Crippen molar-refractivity contribution in [1.29, 1.82) is 0 Å². The van der Waals surface area contributed by atoms with Gasteiger partial charge in [0.15, 0.2) is 0 Å². The molecule has 0 saturated heterocycles. The summed E-state index contributed by atoms with van der Waals surface area (Å²) >= 11 is 3.38. The van der Waals surface area contributed by atoms with Crippen molar-refractivity contribution in [2.75, 3.05) is 11.9 Å². The van der Waals surface area contributed by atoms with E-state index in [-0.39, 0.29) is 17.7 Å². The summed E-state index contributed by atoms with van der Waals surface area (Å²) in [7, 11) is 0. The van der Waals surface area contributed by atoms with Gasteiger partial charge >= 0.3 is 0 Å². The summed E-state index contributed by atoms with van der Waals surface area (Å²) in [5.41, 5.74) is 3.75. The van der Waals surface area contributed by atoms with Crippen LogP contribution in [0.2, 0.25) is 0 Å². The van der Waals surface area contributed by atoms with E-state index in [1.165, 1.54) is 0 Å². The predicted octanol–water partition coefficient (Wildman–Crippen LogP) is 4.03. The number of hydrogen-bond acceptors (Lipinski definition) is 2. The molecule has 0 spiro atoms. The molecule has 4 rings (SSSR count). The van der Waals surface area contributed by atoms with Crippen LogP contribution in [-0.2, 0) is 0 Å². The first-order valence-corrected chi connectivity index (χ1v) is 8.83. The van der Waals surface area contributed by atoms with Crippen LogP contribution in [0.5, 0.6) is 0 Å². The fourth-order valence-corrected chi connectivity index (χ4v) is 3.48. The fraction of sp³-hybridized carbons (Fsp3) is 0.158. The van der Waals surface area contributed by atoms with Crippen molar-refractivity contribution >= 4 is 44.3 Å². The number of fused-ring (bicyclic) bond motifs is 3. The third-order valence-corrected chi connectivity index (χ3v) is 5.02. The molecule has 1 unspecified atom stereocenters. The highest BCUT2D eigenvalue weighted by atomic mass is 79.9. The minimum atomic E-state index is -0.174. The lowest BCUT2D eigenvalue weighted by molar-refractivity contribution is 0.0936. The Morgan fingerprint density at radius 1 is 1.20 bits per heavy atom. The van der Waals surface area contributed by atoms with Crippen molar-refractivity contribution in [2.45, 2.75) is 12.8 Å². The van der Waals surface area contributed by atoms with Gasteiger partial charge in [0.25, 0.3) is 11.8 Å². The van der Waals surface area contributed by atoms with E-state index < -0.39 is 0 Å². The molecule has 0 radical (unpaired) electrons. The second kappa shape index (κ2) is 6.04. The number of aromatic amines is 1. The number of aromatic nitrogens is 1. The molecular weight excluding hydrogens is 382 g/mol. The Morgan fingerprint density at radius 2 is 1.96 bits per heavy atom. The number of benzene rings is 2. The highest BCUT2D eigenvalue weighted by Crippen LogP contribution is 2.32. The number of carbonyl (C=O) groups is 2. The molecule has 2 heterocycles. The number of carbonyl (C=O) groups excluding carboxylic acids is 2. The molecule has 6 heteroatoms. The van der Waals surface area contributed by atoms with E-state index in [1.807, 2.05) is 36.4 Å². The maximum Gasteiger partial charge on any atom is 0.268 e. The number of amides is 2. The average Bonchev–Trinajstić information content (AvgIpc) is 3.00. The quantitative estimate of drug-likeness (QED) is 0.610. The van der Waals surface area contributed by atoms with Crippen LogP contribution in [0.25, 0.3) is 10.9 Å². The summed E-state index contributed by atoms with van der Waals surface area (Å²) in [6.07, 6.45) is 0. The second-order valence-corrected chi connectivity index (χ2v) is 7.16. The van der Waals surface area contributed by atoms with Gasteiger partial charge in [-0.2, -0.15) is 0 Å². The van der Waals surface area contributed by atoms with Gasteiger partial charge in [-0.3, -0.25) is 9.59 Å². The van der Waals surface area contributed by atoms with E-state index in [9.17, 15) is 9.59 Å². The Morgan fingerprint density at radius 3 is 2.72 bits per heavy atom. The van der Waals surface area contributed by atoms with Gasteiger partial charge in [-0.15, -0.1) is 0 Å². The van der Waals surface area contributed by atoms with Gasteiger partial charge in [0.2, 0.25) is 0 Å². The maximum atomic E-state index is 12.6. The molecule has 2 aromatic carbocycles. The van der Waals surface area contributed by atoms with Crippen LogP contribution in [0.15, 0.2) is 46.9 Å². The van der Waals surface area contributed by atoms with Crippen LogP contribution < -0.4 is 10.6 Å². The third-order valence-electron chi connectivity index (χ3n) is 4.49. The van der Waals surface area contributed by atoms with Crippen molar-refractivity contribution in [3.05, 3.63) is 63.8 Å². The summed E-state index contributed by atoms with van der Waals surface area (Å²) in [5, 5.41) is 6.69. The molecule has 1 aliphatic rings. The Hall–Kier alpha value is -2.60. The van der Waals surface area contributed by atoms with Gasteiger partial charge in [0.1, 0.15) is 5.69 Å². The standard InChI is InChI=1S/C19H16BrN3O2/c1-10-9-21-19(25)17-16(10)14-8-11(2-7-15(14)23-17)18(24)22-13-5-3-12(20)4-6-13/h2-8,10,23H,9H2,1H3,(H,21,25)(H,22,24). The summed E-state index contributed by atoms with van der Waals surface area (Å²) in [6.45, 7) is 2.67. The number of H-pyrrole nitrogens is 1. The first-order valence-electron chi connectivity index (χ1n) is 8.03. The fourth-order valence-electron chi connectivity index (χ4n) is 3.22. The van der Waals surface area contributed by atoms with Crippen LogP contribution in [0, 0.1) is 0 Å². The molecule has 1 aromatic heterocycles. The molecule has 3 N–H and O–H groups in total. The zero-order valence-electron chi connectivity index (χ0n) is 13.5. The molecule has 1 aliphatic heterocycles. The lowest BCUT2D eigenvalue weighted by Gasteiger charge is -2.19. The van der Waals surface area contributed by atoms with Crippen LogP contribution >= 0.6 is 15.9 Å². The number of anilines is 1. The zero-order valence-corrected chi connectivity index (χ0v) is 15.1. The average molecular weight is 398 g/mol. The topological polar surface area (TPSA) is 74.0 Å². The smallest absolute Gasteiger partial charge is 0.268 e. The SMILES string of the molecule is CC1CNC(=O)c2[nH]c3ccc(C(=O)Nc4ccc(Br)cc4)cc3c21. The van der Waals surface area contributed by atoms with Crippen molar-refractivity contribution in [1.82, 2.24) is 10.3 Å². The lowest BCUT2D eigenvalue weighted by atomic mass is 9.93. The number of rotatable bonds is 2.